The molecule has 0 fully saturated rings. The lowest BCUT2D eigenvalue weighted by Gasteiger charge is -2.11. The van der Waals surface area contributed by atoms with Gasteiger partial charge in [-0.05, 0) is 41.8 Å². The second-order valence-electron chi connectivity index (χ2n) is 4.96. The summed E-state index contributed by atoms with van der Waals surface area (Å²) in [5.74, 6) is -1.91. The minimum atomic E-state index is -0.762. The highest BCUT2D eigenvalue weighted by Crippen LogP contribution is 2.32. The lowest BCUT2D eigenvalue weighted by Crippen LogP contribution is -1.96. The third-order valence-electron chi connectivity index (χ3n) is 3.31. The van der Waals surface area contributed by atoms with Crippen molar-refractivity contribution in [1.29, 1.82) is 0 Å². The molecule has 0 radical (unpaired) electrons. The van der Waals surface area contributed by atoms with Crippen LogP contribution in [0.25, 0.3) is 11.1 Å². The first-order valence-electron chi connectivity index (χ1n) is 6.97. The Balaban J connectivity index is 1.90. The molecule has 0 aromatic heterocycles. The Morgan fingerprint density at radius 1 is 0.792 bits per heavy atom. The quantitative estimate of drug-likeness (QED) is 0.526. The van der Waals surface area contributed by atoms with E-state index < -0.39 is 17.5 Å². The van der Waals surface area contributed by atoms with Crippen LogP contribution in [0.5, 0.6) is 0 Å². The molecule has 3 aromatic rings. The van der Waals surface area contributed by atoms with Crippen LogP contribution in [0.1, 0.15) is 0 Å². The van der Waals surface area contributed by atoms with Crippen molar-refractivity contribution in [1.82, 2.24) is 0 Å². The first-order valence-corrected chi connectivity index (χ1v) is 8.16. The minimum Gasteiger partial charge on any atom is -0.323 e. The van der Waals surface area contributed by atoms with Crippen LogP contribution < -0.4 is 4.72 Å². The van der Waals surface area contributed by atoms with Gasteiger partial charge < -0.3 is 4.72 Å². The van der Waals surface area contributed by atoms with E-state index >= 15 is 0 Å². The van der Waals surface area contributed by atoms with Gasteiger partial charge in [0.1, 0.15) is 17.5 Å². The Hall–Kier alpha value is -2.11. The van der Waals surface area contributed by atoms with Gasteiger partial charge in [0.2, 0.25) is 0 Å². The standard InChI is InChI=1S/C18H11ClF3NS/c19-12-6-7-14(20)18(8-12)24-23-17-9-13(15(21)10-16(17)22)11-4-2-1-3-5-11/h1-10,23H. The molecule has 3 rings (SSSR count). The van der Waals surface area contributed by atoms with Gasteiger partial charge in [-0.3, -0.25) is 0 Å². The molecule has 0 atom stereocenters. The highest BCUT2D eigenvalue weighted by molar-refractivity contribution is 8.00. The Labute approximate surface area is 146 Å². The molecule has 0 saturated carbocycles. The van der Waals surface area contributed by atoms with E-state index in [9.17, 15) is 13.2 Å². The fourth-order valence-electron chi connectivity index (χ4n) is 2.13. The zero-order chi connectivity index (χ0) is 17.1. The molecule has 0 aliphatic rings. The van der Waals surface area contributed by atoms with Crippen LogP contribution in [0.2, 0.25) is 5.02 Å². The van der Waals surface area contributed by atoms with Gasteiger partial charge in [-0.2, -0.15) is 0 Å². The Morgan fingerprint density at radius 2 is 1.54 bits per heavy atom. The summed E-state index contributed by atoms with van der Waals surface area (Å²) >= 11 is 6.69. The summed E-state index contributed by atoms with van der Waals surface area (Å²) < 4.78 is 44.5. The molecule has 3 aromatic carbocycles. The van der Waals surface area contributed by atoms with Gasteiger partial charge in [0.15, 0.2) is 0 Å². The molecule has 1 nitrogen and oxygen atoms in total. The maximum absolute atomic E-state index is 14.0. The molecule has 0 heterocycles. The highest BCUT2D eigenvalue weighted by atomic mass is 35.5. The topological polar surface area (TPSA) is 12.0 Å². The van der Waals surface area contributed by atoms with Crippen molar-refractivity contribution in [2.45, 2.75) is 4.90 Å². The lowest BCUT2D eigenvalue weighted by molar-refractivity contribution is 0.588. The van der Waals surface area contributed by atoms with E-state index in [1.54, 1.807) is 24.3 Å². The van der Waals surface area contributed by atoms with Crippen LogP contribution in [0, 0.1) is 17.5 Å². The van der Waals surface area contributed by atoms with E-state index in [-0.39, 0.29) is 16.1 Å². The SMILES string of the molecule is Fc1cc(F)c(-c2ccccc2)cc1NSc1cc(Cl)ccc1F. The summed E-state index contributed by atoms with van der Waals surface area (Å²) in [5.41, 5.74) is 0.934. The lowest BCUT2D eigenvalue weighted by atomic mass is 10.0. The molecule has 122 valence electrons. The van der Waals surface area contributed by atoms with Crippen molar-refractivity contribution in [2.75, 3.05) is 4.72 Å². The normalized spacial score (nSPS) is 10.7. The van der Waals surface area contributed by atoms with E-state index in [2.05, 4.69) is 4.72 Å². The van der Waals surface area contributed by atoms with E-state index in [0.717, 1.165) is 18.0 Å². The number of halogens is 4. The van der Waals surface area contributed by atoms with Crippen molar-refractivity contribution in [3.05, 3.63) is 83.1 Å². The van der Waals surface area contributed by atoms with Gasteiger partial charge in [-0.1, -0.05) is 41.9 Å². The van der Waals surface area contributed by atoms with E-state index in [1.165, 1.54) is 24.3 Å². The fraction of sp³-hybridized carbons (Fsp3) is 0. The monoisotopic (exact) mass is 365 g/mol. The van der Waals surface area contributed by atoms with Crippen LogP contribution >= 0.6 is 23.5 Å². The Kier molecular flexibility index (Phi) is 5.02. The van der Waals surface area contributed by atoms with Gasteiger partial charge in [-0.15, -0.1) is 0 Å². The van der Waals surface area contributed by atoms with Gasteiger partial charge in [-0.25, -0.2) is 13.2 Å². The van der Waals surface area contributed by atoms with Crippen molar-refractivity contribution < 1.29 is 13.2 Å². The number of benzene rings is 3. The average molecular weight is 366 g/mol. The highest BCUT2D eigenvalue weighted by Gasteiger charge is 2.13. The van der Waals surface area contributed by atoms with E-state index in [1.807, 2.05) is 6.07 Å². The van der Waals surface area contributed by atoms with E-state index in [4.69, 9.17) is 11.6 Å². The summed E-state index contributed by atoms with van der Waals surface area (Å²) in [6, 6.07) is 15.0. The predicted molar refractivity (Wildman–Crippen MR) is 92.7 cm³/mol. The number of anilines is 1. The van der Waals surface area contributed by atoms with Crippen molar-refractivity contribution in [2.24, 2.45) is 0 Å². The van der Waals surface area contributed by atoms with Crippen LogP contribution in [-0.4, -0.2) is 0 Å². The van der Waals surface area contributed by atoms with Gasteiger partial charge in [0.05, 0.1) is 10.6 Å². The summed E-state index contributed by atoms with van der Waals surface area (Å²) in [5, 5.41) is 0.366. The largest absolute Gasteiger partial charge is 0.323 e. The maximum atomic E-state index is 14.0. The van der Waals surface area contributed by atoms with Crippen molar-refractivity contribution >= 4 is 29.2 Å². The molecule has 0 spiro atoms. The molecule has 0 unspecified atom stereocenters. The molecule has 24 heavy (non-hydrogen) atoms. The molecule has 0 aliphatic heterocycles. The van der Waals surface area contributed by atoms with Crippen LogP contribution in [0.15, 0.2) is 65.6 Å². The predicted octanol–water partition coefficient (Wildman–Crippen LogP) is 6.54. The van der Waals surface area contributed by atoms with Crippen molar-refractivity contribution in [3.8, 4) is 11.1 Å². The second-order valence-corrected chi connectivity index (χ2v) is 6.24. The van der Waals surface area contributed by atoms with Crippen LogP contribution in [-0.2, 0) is 0 Å². The second kappa shape index (κ2) is 7.20. The van der Waals surface area contributed by atoms with Crippen LogP contribution in [0.3, 0.4) is 0 Å². The average Bonchev–Trinajstić information content (AvgIpc) is 2.58. The number of nitrogens with one attached hydrogen (secondary N) is 1. The summed E-state index contributed by atoms with van der Waals surface area (Å²) in [7, 11) is 0. The van der Waals surface area contributed by atoms with Gasteiger partial charge >= 0.3 is 0 Å². The molecule has 0 amide bonds. The third kappa shape index (κ3) is 3.68. The molecule has 0 aliphatic carbocycles. The third-order valence-corrected chi connectivity index (χ3v) is 4.40. The smallest absolute Gasteiger partial charge is 0.150 e. The summed E-state index contributed by atoms with van der Waals surface area (Å²) in [6.45, 7) is 0. The maximum Gasteiger partial charge on any atom is 0.150 e. The Bertz CT molecular complexity index is 872. The first-order chi connectivity index (χ1) is 11.5. The van der Waals surface area contributed by atoms with Gasteiger partial charge in [0, 0.05) is 16.7 Å². The Morgan fingerprint density at radius 3 is 2.29 bits per heavy atom. The van der Waals surface area contributed by atoms with Gasteiger partial charge in [0.25, 0.3) is 0 Å². The summed E-state index contributed by atoms with van der Waals surface area (Å²) in [6.07, 6.45) is 0. The molecule has 6 heteroatoms. The molecular formula is C18H11ClF3NS. The summed E-state index contributed by atoms with van der Waals surface area (Å²) in [4.78, 5) is 0.215. The number of hydrogen-bond donors (Lipinski definition) is 1. The van der Waals surface area contributed by atoms with Crippen LogP contribution in [0.4, 0.5) is 18.9 Å². The minimum absolute atomic E-state index is 0.0552. The zero-order valence-electron chi connectivity index (χ0n) is 12.2. The number of hydrogen-bond acceptors (Lipinski definition) is 2. The van der Waals surface area contributed by atoms with E-state index in [0.29, 0.717) is 10.6 Å². The molecular weight excluding hydrogens is 355 g/mol. The number of rotatable bonds is 4. The fourth-order valence-corrected chi connectivity index (χ4v) is 3.10. The molecule has 1 N–H and O–H groups in total. The van der Waals surface area contributed by atoms with Crippen molar-refractivity contribution in [3.63, 3.8) is 0 Å². The molecule has 0 bridgehead atoms. The molecule has 0 saturated heterocycles. The first kappa shape index (κ1) is 16.7. The zero-order valence-corrected chi connectivity index (χ0v) is 13.8.